The quantitative estimate of drug-likeness (QED) is 0.841. The van der Waals surface area contributed by atoms with Gasteiger partial charge >= 0.3 is 0 Å². The molecule has 88 valence electrons. The SMILES string of the molecule is CC(CN1CCCC1=O)NCc1cncs1. The number of hydrogen-bond acceptors (Lipinski definition) is 4. The van der Waals surface area contributed by atoms with E-state index in [-0.39, 0.29) is 0 Å². The number of thiazole rings is 1. The lowest BCUT2D eigenvalue weighted by atomic mass is 10.3. The number of hydrogen-bond donors (Lipinski definition) is 1. The first kappa shape index (κ1) is 11.5. The van der Waals surface area contributed by atoms with Gasteiger partial charge in [0.2, 0.25) is 5.91 Å². The highest BCUT2D eigenvalue weighted by atomic mass is 32.1. The Morgan fingerprint density at radius 2 is 2.56 bits per heavy atom. The van der Waals surface area contributed by atoms with Gasteiger partial charge in [-0.3, -0.25) is 9.78 Å². The molecule has 1 unspecified atom stereocenters. The molecule has 0 bridgehead atoms. The highest BCUT2D eigenvalue weighted by molar-refractivity contribution is 7.09. The molecule has 2 rings (SSSR count). The lowest BCUT2D eigenvalue weighted by Crippen LogP contribution is -2.39. The third kappa shape index (κ3) is 3.02. The number of nitrogens with zero attached hydrogens (tertiary/aromatic N) is 2. The average molecular weight is 239 g/mol. The Morgan fingerprint density at radius 3 is 3.19 bits per heavy atom. The maximum absolute atomic E-state index is 11.4. The van der Waals surface area contributed by atoms with Crippen LogP contribution in [0.4, 0.5) is 0 Å². The zero-order chi connectivity index (χ0) is 11.4. The van der Waals surface area contributed by atoms with Crippen LogP contribution < -0.4 is 5.32 Å². The minimum absolute atomic E-state index is 0.298. The number of amides is 1. The summed E-state index contributed by atoms with van der Waals surface area (Å²) in [5.74, 6) is 0.298. The first-order valence-electron chi connectivity index (χ1n) is 5.64. The lowest BCUT2D eigenvalue weighted by molar-refractivity contribution is -0.127. The van der Waals surface area contributed by atoms with Gasteiger partial charge in [-0.2, -0.15) is 0 Å². The Hall–Kier alpha value is -0.940. The van der Waals surface area contributed by atoms with Crippen molar-refractivity contribution in [2.24, 2.45) is 0 Å². The number of carbonyl (C=O) groups is 1. The molecule has 1 saturated heterocycles. The van der Waals surface area contributed by atoms with Crippen molar-refractivity contribution in [2.45, 2.75) is 32.4 Å². The zero-order valence-corrected chi connectivity index (χ0v) is 10.3. The number of carbonyl (C=O) groups excluding carboxylic acids is 1. The summed E-state index contributed by atoms with van der Waals surface area (Å²) in [5, 5.41) is 3.41. The predicted molar refractivity (Wildman–Crippen MR) is 64.2 cm³/mol. The Morgan fingerprint density at radius 1 is 1.69 bits per heavy atom. The fraction of sp³-hybridized carbons (Fsp3) is 0.636. The molecule has 1 aromatic heterocycles. The summed E-state index contributed by atoms with van der Waals surface area (Å²) in [5.41, 5.74) is 1.84. The number of likely N-dealkylation sites (tertiary alicyclic amines) is 1. The topological polar surface area (TPSA) is 45.2 Å². The fourth-order valence-electron chi connectivity index (χ4n) is 1.90. The molecule has 2 heterocycles. The van der Waals surface area contributed by atoms with E-state index in [1.54, 1.807) is 11.3 Å². The highest BCUT2D eigenvalue weighted by Crippen LogP contribution is 2.10. The first-order chi connectivity index (χ1) is 7.75. The van der Waals surface area contributed by atoms with Gasteiger partial charge in [-0.15, -0.1) is 11.3 Å². The molecule has 5 heteroatoms. The molecule has 4 nitrogen and oxygen atoms in total. The van der Waals surface area contributed by atoms with E-state index in [9.17, 15) is 4.79 Å². The van der Waals surface area contributed by atoms with Crippen LogP contribution in [0.1, 0.15) is 24.6 Å². The molecular formula is C11H17N3OS. The third-order valence-electron chi connectivity index (χ3n) is 2.77. The normalized spacial score (nSPS) is 18.1. The molecule has 0 saturated carbocycles. The van der Waals surface area contributed by atoms with E-state index < -0.39 is 0 Å². The van der Waals surface area contributed by atoms with Gasteiger partial charge < -0.3 is 10.2 Å². The second-order valence-corrected chi connectivity index (χ2v) is 5.16. The molecule has 1 aliphatic rings. The molecule has 1 atom stereocenters. The fourth-order valence-corrected chi connectivity index (χ4v) is 2.44. The molecule has 1 fully saturated rings. The number of nitrogens with one attached hydrogen (secondary N) is 1. The summed E-state index contributed by atoms with van der Waals surface area (Å²) in [6.45, 7) is 4.70. The third-order valence-corrected chi connectivity index (χ3v) is 3.55. The highest BCUT2D eigenvalue weighted by Gasteiger charge is 2.21. The van der Waals surface area contributed by atoms with Crippen LogP contribution in [0.3, 0.4) is 0 Å². The van der Waals surface area contributed by atoms with E-state index in [1.807, 2.05) is 16.6 Å². The van der Waals surface area contributed by atoms with Gasteiger partial charge in [0.15, 0.2) is 0 Å². The van der Waals surface area contributed by atoms with Crippen molar-refractivity contribution < 1.29 is 4.79 Å². The Labute approximate surface area is 99.7 Å². The van der Waals surface area contributed by atoms with Crippen molar-refractivity contribution in [3.63, 3.8) is 0 Å². The van der Waals surface area contributed by atoms with Gasteiger partial charge in [0.25, 0.3) is 0 Å². The second kappa shape index (κ2) is 5.41. The van der Waals surface area contributed by atoms with Crippen molar-refractivity contribution >= 4 is 17.2 Å². The van der Waals surface area contributed by atoms with Gasteiger partial charge in [-0.25, -0.2) is 0 Å². The van der Waals surface area contributed by atoms with Crippen molar-refractivity contribution in [3.8, 4) is 0 Å². The summed E-state index contributed by atoms with van der Waals surface area (Å²) in [6, 6.07) is 0.337. The van der Waals surface area contributed by atoms with Crippen LogP contribution >= 0.6 is 11.3 Å². The van der Waals surface area contributed by atoms with Gasteiger partial charge in [0.1, 0.15) is 0 Å². The monoisotopic (exact) mass is 239 g/mol. The molecule has 1 aromatic rings. The van der Waals surface area contributed by atoms with Crippen LogP contribution in [0.5, 0.6) is 0 Å². The Bertz CT molecular complexity index is 339. The number of rotatable bonds is 5. The van der Waals surface area contributed by atoms with E-state index >= 15 is 0 Å². The van der Waals surface area contributed by atoms with Crippen LogP contribution in [0, 0.1) is 0 Å². The van der Waals surface area contributed by atoms with Gasteiger partial charge in [0.05, 0.1) is 5.51 Å². The van der Waals surface area contributed by atoms with Crippen LogP contribution in [0.2, 0.25) is 0 Å². The van der Waals surface area contributed by atoms with E-state index in [1.165, 1.54) is 4.88 Å². The molecule has 16 heavy (non-hydrogen) atoms. The summed E-state index contributed by atoms with van der Waals surface area (Å²) >= 11 is 1.65. The Kier molecular flexibility index (Phi) is 3.90. The van der Waals surface area contributed by atoms with Crippen molar-refractivity contribution in [1.82, 2.24) is 15.2 Å². The van der Waals surface area contributed by atoms with Crippen LogP contribution in [0.25, 0.3) is 0 Å². The standard InChI is InChI=1S/C11H17N3OS/c1-9(7-14-4-2-3-11(14)15)13-6-10-5-12-8-16-10/h5,8-9,13H,2-4,6-7H2,1H3. The predicted octanol–water partition coefficient (Wildman–Crippen LogP) is 1.24. The molecule has 0 spiro atoms. The van der Waals surface area contributed by atoms with Crippen molar-refractivity contribution in [1.29, 1.82) is 0 Å². The summed E-state index contributed by atoms with van der Waals surface area (Å²) in [6.07, 6.45) is 3.62. The van der Waals surface area contributed by atoms with E-state index in [0.29, 0.717) is 11.9 Å². The molecule has 0 radical (unpaired) electrons. The van der Waals surface area contributed by atoms with E-state index in [2.05, 4.69) is 17.2 Å². The second-order valence-electron chi connectivity index (χ2n) is 4.19. The van der Waals surface area contributed by atoms with Gasteiger partial charge in [-0.05, 0) is 13.3 Å². The molecular weight excluding hydrogens is 222 g/mol. The van der Waals surface area contributed by atoms with Crippen molar-refractivity contribution in [3.05, 3.63) is 16.6 Å². The molecule has 0 aliphatic carbocycles. The van der Waals surface area contributed by atoms with Crippen molar-refractivity contribution in [2.75, 3.05) is 13.1 Å². The zero-order valence-electron chi connectivity index (χ0n) is 9.48. The molecule has 1 N–H and O–H groups in total. The number of aromatic nitrogens is 1. The minimum atomic E-state index is 0.298. The molecule has 1 aliphatic heterocycles. The Balaban J connectivity index is 1.72. The summed E-state index contributed by atoms with van der Waals surface area (Å²) in [4.78, 5) is 18.6. The lowest BCUT2D eigenvalue weighted by Gasteiger charge is -2.21. The van der Waals surface area contributed by atoms with Crippen LogP contribution in [0.15, 0.2) is 11.7 Å². The van der Waals surface area contributed by atoms with Gasteiger partial charge in [0, 0.05) is 43.2 Å². The smallest absolute Gasteiger partial charge is 0.222 e. The largest absolute Gasteiger partial charge is 0.341 e. The minimum Gasteiger partial charge on any atom is -0.341 e. The summed E-state index contributed by atoms with van der Waals surface area (Å²) in [7, 11) is 0. The van der Waals surface area contributed by atoms with E-state index in [4.69, 9.17) is 0 Å². The average Bonchev–Trinajstić information content (AvgIpc) is 2.88. The maximum atomic E-state index is 11.4. The molecule has 1 amide bonds. The van der Waals surface area contributed by atoms with Gasteiger partial charge in [-0.1, -0.05) is 0 Å². The first-order valence-corrected chi connectivity index (χ1v) is 6.52. The molecule has 0 aromatic carbocycles. The maximum Gasteiger partial charge on any atom is 0.222 e. The van der Waals surface area contributed by atoms with E-state index in [0.717, 1.165) is 32.5 Å². The van der Waals surface area contributed by atoms with Crippen LogP contribution in [-0.2, 0) is 11.3 Å². The summed E-state index contributed by atoms with van der Waals surface area (Å²) < 4.78 is 0. The van der Waals surface area contributed by atoms with Crippen LogP contribution in [-0.4, -0.2) is 34.9 Å².